The van der Waals surface area contributed by atoms with Crippen molar-refractivity contribution in [2.45, 2.75) is 45.6 Å². The number of carbonyl (C=O) groups is 1. The van der Waals surface area contributed by atoms with Gasteiger partial charge >= 0.3 is 0 Å². The summed E-state index contributed by atoms with van der Waals surface area (Å²) in [5.74, 6) is 0.123. The van der Waals surface area contributed by atoms with Crippen LogP contribution < -0.4 is 10.6 Å². The fourth-order valence-corrected chi connectivity index (χ4v) is 2.61. The number of nitrogens with one attached hydrogen (secondary N) is 2. The Morgan fingerprint density at radius 1 is 1.20 bits per heavy atom. The lowest BCUT2D eigenvalue weighted by Gasteiger charge is -2.29. The van der Waals surface area contributed by atoms with Gasteiger partial charge in [0.1, 0.15) is 0 Å². The average molecular weight is 276 g/mol. The zero-order valence-corrected chi connectivity index (χ0v) is 13.4. The molecule has 3 nitrogen and oxygen atoms in total. The van der Waals surface area contributed by atoms with Crippen LogP contribution in [0.1, 0.15) is 39.7 Å². The van der Waals surface area contributed by atoms with Crippen LogP contribution in [0.4, 0.5) is 0 Å². The molecule has 2 N–H and O–H groups in total. The lowest BCUT2D eigenvalue weighted by molar-refractivity contribution is -0.125. The van der Waals surface area contributed by atoms with Gasteiger partial charge in [0.05, 0.1) is 0 Å². The zero-order chi connectivity index (χ0) is 15.2. The number of carbonyl (C=O) groups excluding carboxylic acids is 1. The standard InChI is InChI=1S/C17H28N2O/c1-13(12-18-5)16(20)19-14(2)11-17(3,4)15-9-7-6-8-10-15/h6-10,13-14,18H,11-12H2,1-5H3,(H,19,20). The quantitative estimate of drug-likeness (QED) is 0.804. The van der Waals surface area contributed by atoms with Crippen LogP contribution in [0.25, 0.3) is 0 Å². The first kappa shape index (κ1) is 16.7. The molecule has 0 saturated heterocycles. The first-order valence-electron chi connectivity index (χ1n) is 7.37. The van der Waals surface area contributed by atoms with Crippen molar-refractivity contribution in [1.82, 2.24) is 10.6 Å². The van der Waals surface area contributed by atoms with Gasteiger partial charge in [-0.3, -0.25) is 4.79 Å². The molecule has 20 heavy (non-hydrogen) atoms. The number of hydrogen-bond donors (Lipinski definition) is 2. The molecule has 3 heteroatoms. The minimum absolute atomic E-state index is 0.00212. The number of hydrogen-bond acceptors (Lipinski definition) is 2. The van der Waals surface area contributed by atoms with E-state index < -0.39 is 0 Å². The number of rotatable bonds is 7. The third-order valence-corrected chi connectivity index (χ3v) is 3.72. The largest absolute Gasteiger partial charge is 0.353 e. The summed E-state index contributed by atoms with van der Waals surface area (Å²) >= 11 is 0. The lowest BCUT2D eigenvalue weighted by Crippen LogP contribution is -2.41. The van der Waals surface area contributed by atoms with E-state index >= 15 is 0 Å². The molecule has 0 saturated carbocycles. The van der Waals surface area contributed by atoms with Crippen molar-refractivity contribution < 1.29 is 4.79 Å². The molecule has 1 rings (SSSR count). The Kier molecular flexibility index (Phi) is 6.21. The van der Waals surface area contributed by atoms with E-state index in [1.807, 2.05) is 20.0 Å². The summed E-state index contributed by atoms with van der Waals surface area (Å²) in [6.07, 6.45) is 0.926. The normalized spacial score (nSPS) is 14.7. The Balaban J connectivity index is 2.57. The molecule has 1 amide bonds. The van der Waals surface area contributed by atoms with Crippen molar-refractivity contribution in [2.24, 2.45) is 5.92 Å². The third kappa shape index (κ3) is 4.97. The molecule has 1 aromatic carbocycles. The van der Waals surface area contributed by atoms with E-state index in [0.29, 0.717) is 6.54 Å². The molecule has 0 heterocycles. The fourth-order valence-electron chi connectivity index (χ4n) is 2.61. The van der Waals surface area contributed by atoms with Gasteiger partial charge in [0.25, 0.3) is 0 Å². The average Bonchev–Trinajstić information content (AvgIpc) is 2.39. The summed E-state index contributed by atoms with van der Waals surface area (Å²) in [6.45, 7) is 9.18. The molecule has 1 aromatic rings. The predicted octanol–water partition coefficient (Wildman–Crippen LogP) is 2.71. The Bertz CT molecular complexity index is 414. The fraction of sp³-hybridized carbons (Fsp3) is 0.588. The maximum atomic E-state index is 12.0. The molecule has 0 aromatic heterocycles. The van der Waals surface area contributed by atoms with Crippen molar-refractivity contribution in [3.63, 3.8) is 0 Å². The molecule has 0 fully saturated rings. The Hall–Kier alpha value is -1.35. The highest BCUT2D eigenvalue weighted by molar-refractivity contribution is 5.78. The van der Waals surface area contributed by atoms with Crippen LogP contribution in [-0.2, 0) is 10.2 Å². The van der Waals surface area contributed by atoms with Gasteiger partial charge in [0.2, 0.25) is 5.91 Å². The molecular formula is C17H28N2O. The molecule has 112 valence electrons. The molecule has 0 radical (unpaired) electrons. The summed E-state index contributed by atoms with van der Waals surface area (Å²) in [5.41, 5.74) is 1.37. The van der Waals surface area contributed by atoms with E-state index in [2.05, 4.69) is 55.7 Å². The Morgan fingerprint density at radius 3 is 2.35 bits per heavy atom. The number of amides is 1. The highest BCUT2D eigenvalue weighted by Gasteiger charge is 2.24. The first-order chi connectivity index (χ1) is 9.36. The van der Waals surface area contributed by atoms with Gasteiger partial charge in [0.15, 0.2) is 0 Å². The van der Waals surface area contributed by atoms with E-state index in [-0.39, 0.29) is 23.3 Å². The van der Waals surface area contributed by atoms with Crippen LogP contribution in [0, 0.1) is 5.92 Å². The highest BCUT2D eigenvalue weighted by atomic mass is 16.1. The molecule has 2 atom stereocenters. The van der Waals surface area contributed by atoms with Crippen LogP contribution in [-0.4, -0.2) is 25.5 Å². The zero-order valence-electron chi connectivity index (χ0n) is 13.4. The summed E-state index contributed by atoms with van der Waals surface area (Å²) in [7, 11) is 1.87. The molecule has 2 unspecified atom stereocenters. The molecular weight excluding hydrogens is 248 g/mol. The smallest absolute Gasteiger partial charge is 0.224 e. The maximum Gasteiger partial charge on any atom is 0.224 e. The highest BCUT2D eigenvalue weighted by Crippen LogP contribution is 2.28. The van der Waals surface area contributed by atoms with Crippen LogP contribution in [0.2, 0.25) is 0 Å². The SMILES string of the molecule is CNCC(C)C(=O)NC(C)CC(C)(C)c1ccccc1. The van der Waals surface area contributed by atoms with Gasteiger partial charge in [-0.25, -0.2) is 0 Å². The van der Waals surface area contributed by atoms with Gasteiger partial charge < -0.3 is 10.6 Å². The van der Waals surface area contributed by atoms with Crippen molar-refractivity contribution in [2.75, 3.05) is 13.6 Å². The van der Waals surface area contributed by atoms with E-state index in [1.165, 1.54) is 5.56 Å². The Morgan fingerprint density at radius 2 is 1.80 bits per heavy atom. The van der Waals surface area contributed by atoms with Crippen molar-refractivity contribution >= 4 is 5.91 Å². The third-order valence-electron chi connectivity index (χ3n) is 3.72. The van der Waals surface area contributed by atoms with Crippen LogP contribution >= 0.6 is 0 Å². The monoisotopic (exact) mass is 276 g/mol. The second kappa shape index (κ2) is 7.44. The first-order valence-corrected chi connectivity index (χ1v) is 7.37. The van der Waals surface area contributed by atoms with E-state index in [4.69, 9.17) is 0 Å². The van der Waals surface area contributed by atoms with Crippen molar-refractivity contribution in [3.8, 4) is 0 Å². The summed E-state index contributed by atoms with van der Waals surface area (Å²) in [6, 6.07) is 10.6. The van der Waals surface area contributed by atoms with Crippen LogP contribution in [0.5, 0.6) is 0 Å². The second-order valence-corrected chi connectivity index (χ2v) is 6.32. The molecule has 0 spiro atoms. The predicted molar refractivity (Wildman–Crippen MR) is 84.8 cm³/mol. The van der Waals surface area contributed by atoms with Gasteiger partial charge in [-0.05, 0) is 31.4 Å². The van der Waals surface area contributed by atoms with Crippen molar-refractivity contribution in [1.29, 1.82) is 0 Å². The number of benzene rings is 1. The van der Waals surface area contributed by atoms with Crippen molar-refractivity contribution in [3.05, 3.63) is 35.9 Å². The van der Waals surface area contributed by atoms with Crippen LogP contribution in [0.3, 0.4) is 0 Å². The van der Waals surface area contributed by atoms with Gasteiger partial charge in [-0.15, -0.1) is 0 Å². The summed E-state index contributed by atoms with van der Waals surface area (Å²) in [4.78, 5) is 12.0. The second-order valence-electron chi connectivity index (χ2n) is 6.32. The van der Waals surface area contributed by atoms with Gasteiger partial charge in [-0.2, -0.15) is 0 Å². The van der Waals surface area contributed by atoms with E-state index in [9.17, 15) is 4.79 Å². The topological polar surface area (TPSA) is 41.1 Å². The maximum absolute atomic E-state index is 12.0. The lowest BCUT2D eigenvalue weighted by atomic mass is 9.79. The summed E-state index contributed by atoms with van der Waals surface area (Å²) in [5, 5.41) is 6.15. The molecule has 0 aliphatic rings. The minimum atomic E-state index is 0.00212. The van der Waals surface area contributed by atoms with E-state index in [0.717, 1.165) is 6.42 Å². The molecule has 0 aliphatic carbocycles. The van der Waals surface area contributed by atoms with E-state index in [1.54, 1.807) is 0 Å². The van der Waals surface area contributed by atoms with Crippen LogP contribution in [0.15, 0.2) is 30.3 Å². The molecule has 0 aliphatic heterocycles. The summed E-state index contributed by atoms with van der Waals surface area (Å²) < 4.78 is 0. The van der Waals surface area contributed by atoms with Gasteiger partial charge in [0, 0.05) is 18.5 Å². The Labute approximate surface area is 123 Å². The minimum Gasteiger partial charge on any atom is -0.353 e. The van der Waals surface area contributed by atoms with Gasteiger partial charge in [-0.1, -0.05) is 51.1 Å². The molecule has 0 bridgehead atoms.